The van der Waals surface area contributed by atoms with Gasteiger partial charge in [-0.2, -0.15) is 0 Å². The van der Waals surface area contributed by atoms with Crippen LogP contribution < -0.4 is 11.1 Å². The van der Waals surface area contributed by atoms with E-state index in [1.54, 1.807) is 0 Å². The molecule has 3 nitrogen and oxygen atoms in total. The number of nitrogens with two attached hydrogens (primary N) is 1. The zero-order valence-electron chi connectivity index (χ0n) is 10.9. The van der Waals surface area contributed by atoms with E-state index in [9.17, 15) is 0 Å². The fourth-order valence-corrected chi connectivity index (χ4v) is 2.69. The van der Waals surface area contributed by atoms with Crippen LogP contribution in [-0.2, 0) is 20.1 Å². The Hall–Kier alpha value is -1.32. The molecule has 0 saturated heterocycles. The molecule has 1 aliphatic rings. The van der Waals surface area contributed by atoms with Gasteiger partial charge in [0.15, 0.2) is 0 Å². The Balaban J connectivity index is 1.89. The van der Waals surface area contributed by atoms with Crippen LogP contribution in [0.15, 0.2) is 24.3 Å². The lowest BCUT2D eigenvalue weighted by Gasteiger charge is -2.26. The molecule has 2 aromatic rings. The quantitative estimate of drug-likeness (QED) is 0.865. The van der Waals surface area contributed by atoms with Crippen LogP contribution in [-0.4, -0.2) is 10.6 Å². The first kappa shape index (κ1) is 11.8. The summed E-state index contributed by atoms with van der Waals surface area (Å²) in [6.07, 6.45) is 4.04. The minimum Gasteiger partial charge on any atom is -0.346 e. The predicted octanol–water partition coefficient (Wildman–Crippen LogP) is 2.28. The molecular weight excluding hydrogens is 222 g/mol. The highest BCUT2D eigenvalue weighted by atomic mass is 15.0. The van der Waals surface area contributed by atoms with E-state index in [-0.39, 0.29) is 0 Å². The summed E-state index contributed by atoms with van der Waals surface area (Å²) in [4.78, 5) is 0. The fourth-order valence-electron chi connectivity index (χ4n) is 2.69. The Morgan fingerprint density at radius 1 is 1.39 bits per heavy atom. The second-order valence-electron chi connectivity index (χ2n) is 5.26. The third kappa shape index (κ3) is 1.93. The second-order valence-corrected chi connectivity index (χ2v) is 5.26. The molecule has 0 amide bonds. The first-order valence-corrected chi connectivity index (χ1v) is 6.79. The van der Waals surface area contributed by atoms with Gasteiger partial charge < -0.3 is 15.6 Å². The lowest BCUT2D eigenvalue weighted by Crippen LogP contribution is -2.34. The lowest BCUT2D eigenvalue weighted by atomic mass is 9.93. The highest BCUT2D eigenvalue weighted by Gasteiger charge is 2.17. The third-order valence-electron chi connectivity index (χ3n) is 4.17. The molecule has 3 heteroatoms. The topological polar surface area (TPSA) is 43.0 Å². The van der Waals surface area contributed by atoms with Gasteiger partial charge in [-0.25, -0.2) is 0 Å². The van der Waals surface area contributed by atoms with Gasteiger partial charge in [0.25, 0.3) is 0 Å². The summed E-state index contributed by atoms with van der Waals surface area (Å²) in [6.45, 7) is 1.57. The summed E-state index contributed by atoms with van der Waals surface area (Å²) in [5, 5.41) is 4.92. The molecule has 1 aliphatic carbocycles. The van der Waals surface area contributed by atoms with Gasteiger partial charge in [-0.05, 0) is 30.5 Å². The van der Waals surface area contributed by atoms with Gasteiger partial charge in [-0.1, -0.05) is 18.6 Å². The van der Waals surface area contributed by atoms with Crippen molar-refractivity contribution >= 4 is 10.9 Å². The van der Waals surface area contributed by atoms with Crippen LogP contribution in [0, 0.1) is 0 Å². The van der Waals surface area contributed by atoms with Crippen molar-refractivity contribution in [1.29, 1.82) is 0 Å². The van der Waals surface area contributed by atoms with Crippen LogP contribution in [0.4, 0.5) is 0 Å². The number of aryl methyl sites for hydroxylation is 1. The van der Waals surface area contributed by atoms with E-state index in [0.29, 0.717) is 6.54 Å². The molecule has 0 radical (unpaired) electrons. The molecule has 0 aliphatic heterocycles. The van der Waals surface area contributed by atoms with Gasteiger partial charge in [0, 0.05) is 42.8 Å². The van der Waals surface area contributed by atoms with Crippen molar-refractivity contribution in [1.82, 2.24) is 9.88 Å². The standard InChI is InChI=1S/C15H21N3/c1-18-13(10-17-12-5-3-6-12)8-14-11(9-16)4-2-7-15(14)18/h2,4,7-8,12,17H,3,5-6,9-10,16H2,1H3. The summed E-state index contributed by atoms with van der Waals surface area (Å²) in [5.41, 5.74) is 9.66. The van der Waals surface area contributed by atoms with Crippen LogP contribution in [0.2, 0.25) is 0 Å². The smallest absolute Gasteiger partial charge is 0.0483 e. The summed E-state index contributed by atoms with van der Waals surface area (Å²) < 4.78 is 2.28. The molecule has 96 valence electrons. The normalized spacial score (nSPS) is 16.1. The predicted molar refractivity (Wildman–Crippen MR) is 75.3 cm³/mol. The number of benzene rings is 1. The molecular formula is C15H21N3. The molecule has 1 fully saturated rings. The Morgan fingerprint density at radius 2 is 2.22 bits per heavy atom. The number of fused-ring (bicyclic) bond motifs is 1. The Bertz CT molecular complexity index is 552. The molecule has 0 atom stereocenters. The molecule has 3 rings (SSSR count). The van der Waals surface area contributed by atoms with Crippen LogP contribution in [0.3, 0.4) is 0 Å². The SMILES string of the molecule is Cn1c(CNC2CCC2)cc2c(CN)cccc21. The number of aromatic nitrogens is 1. The highest BCUT2D eigenvalue weighted by Crippen LogP contribution is 2.23. The third-order valence-corrected chi connectivity index (χ3v) is 4.17. The molecule has 0 unspecified atom stereocenters. The second kappa shape index (κ2) is 4.75. The molecule has 1 aromatic carbocycles. The molecule has 0 bridgehead atoms. The highest BCUT2D eigenvalue weighted by molar-refractivity contribution is 5.84. The Labute approximate surface area is 108 Å². The van der Waals surface area contributed by atoms with Crippen molar-refractivity contribution in [3.05, 3.63) is 35.5 Å². The van der Waals surface area contributed by atoms with E-state index >= 15 is 0 Å². The lowest BCUT2D eigenvalue weighted by molar-refractivity contribution is 0.336. The van der Waals surface area contributed by atoms with Gasteiger partial charge in [-0.15, -0.1) is 0 Å². The molecule has 18 heavy (non-hydrogen) atoms. The van der Waals surface area contributed by atoms with Gasteiger partial charge in [0.05, 0.1) is 0 Å². The van der Waals surface area contributed by atoms with Crippen LogP contribution in [0.5, 0.6) is 0 Å². The average Bonchev–Trinajstić information content (AvgIpc) is 2.65. The number of nitrogens with one attached hydrogen (secondary N) is 1. The number of rotatable bonds is 4. The van der Waals surface area contributed by atoms with Crippen molar-refractivity contribution < 1.29 is 0 Å². The van der Waals surface area contributed by atoms with Gasteiger partial charge >= 0.3 is 0 Å². The minimum absolute atomic E-state index is 0.608. The first-order chi connectivity index (χ1) is 8.79. The van der Waals surface area contributed by atoms with Crippen molar-refractivity contribution in [2.75, 3.05) is 0 Å². The Morgan fingerprint density at radius 3 is 2.89 bits per heavy atom. The maximum Gasteiger partial charge on any atom is 0.0483 e. The number of hydrogen-bond acceptors (Lipinski definition) is 2. The molecule has 1 aromatic heterocycles. The largest absolute Gasteiger partial charge is 0.346 e. The van der Waals surface area contributed by atoms with Crippen molar-refractivity contribution in [3.8, 4) is 0 Å². The van der Waals surface area contributed by atoms with E-state index in [2.05, 4.69) is 41.2 Å². The van der Waals surface area contributed by atoms with Gasteiger partial charge in [0.2, 0.25) is 0 Å². The van der Waals surface area contributed by atoms with E-state index in [1.165, 1.54) is 41.4 Å². The van der Waals surface area contributed by atoms with Gasteiger partial charge in [0.1, 0.15) is 0 Å². The van der Waals surface area contributed by atoms with Gasteiger partial charge in [-0.3, -0.25) is 0 Å². The average molecular weight is 243 g/mol. The number of hydrogen-bond donors (Lipinski definition) is 2. The summed E-state index contributed by atoms with van der Waals surface area (Å²) in [6, 6.07) is 9.39. The zero-order valence-corrected chi connectivity index (χ0v) is 10.9. The van der Waals surface area contributed by atoms with Crippen molar-refractivity contribution in [3.63, 3.8) is 0 Å². The van der Waals surface area contributed by atoms with Crippen molar-refractivity contribution in [2.45, 2.75) is 38.4 Å². The molecule has 1 saturated carbocycles. The first-order valence-electron chi connectivity index (χ1n) is 6.79. The van der Waals surface area contributed by atoms with E-state index in [4.69, 9.17) is 5.73 Å². The van der Waals surface area contributed by atoms with Crippen LogP contribution in [0.25, 0.3) is 10.9 Å². The molecule has 1 heterocycles. The zero-order chi connectivity index (χ0) is 12.5. The maximum atomic E-state index is 5.80. The Kier molecular flexibility index (Phi) is 3.10. The van der Waals surface area contributed by atoms with E-state index in [1.807, 2.05) is 0 Å². The number of nitrogens with zero attached hydrogens (tertiary/aromatic N) is 1. The summed E-state index contributed by atoms with van der Waals surface area (Å²) in [5.74, 6) is 0. The monoisotopic (exact) mass is 243 g/mol. The van der Waals surface area contributed by atoms with E-state index in [0.717, 1.165) is 12.6 Å². The summed E-state index contributed by atoms with van der Waals surface area (Å²) in [7, 11) is 2.14. The van der Waals surface area contributed by atoms with Crippen LogP contribution in [0.1, 0.15) is 30.5 Å². The summed E-state index contributed by atoms with van der Waals surface area (Å²) >= 11 is 0. The molecule has 0 spiro atoms. The van der Waals surface area contributed by atoms with E-state index < -0.39 is 0 Å². The van der Waals surface area contributed by atoms with Crippen LogP contribution >= 0.6 is 0 Å². The van der Waals surface area contributed by atoms with Crippen molar-refractivity contribution in [2.24, 2.45) is 12.8 Å². The maximum absolute atomic E-state index is 5.80. The minimum atomic E-state index is 0.608. The fraction of sp³-hybridized carbons (Fsp3) is 0.467. The molecule has 3 N–H and O–H groups in total.